The number of amides is 2. The van der Waals surface area contributed by atoms with E-state index >= 15 is 0 Å². The van der Waals surface area contributed by atoms with E-state index in [4.69, 9.17) is 4.74 Å². The molecule has 1 unspecified atom stereocenters. The number of nitrogens with zero attached hydrogens (tertiary/aromatic N) is 2. The number of alkyl carbamates (subject to hydrolysis) is 1. The van der Waals surface area contributed by atoms with E-state index in [0.29, 0.717) is 0 Å². The molecule has 2 amide bonds. The number of rotatable bonds is 10. The fourth-order valence-corrected chi connectivity index (χ4v) is 4.94. The fraction of sp³-hybridized carbons (Fsp3) is 0.231. The van der Waals surface area contributed by atoms with Gasteiger partial charge in [0, 0.05) is 30.0 Å². The minimum atomic E-state index is -1.15. The van der Waals surface area contributed by atoms with Crippen molar-refractivity contribution in [3.63, 3.8) is 0 Å². The van der Waals surface area contributed by atoms with E-state index in [9.17, 15) is 19.5 Å². The molecular weight excluding hydrogens is 466 g/mol. The van der Waals surface area contributed by atoms with Crippen LogP contribution in [0, 0.1) is 0 Å². The van der Waals surface area contributed by atoms with Crippen LogP contribution in [0.25, 0.3) is 11.1 Å². The third kappa shape index (κ3) is 5.58. The van der Waals surface area contributed by atoms with Crippen LogP contribution in [0.1, 0.15) is 21.9 Å². The van der Waals surface area contributed by atoms with Crippen molar-refractivity contribution in [2.75, 3.05) is 19.7 Å². The number of fused-ring (bicyclic) bond motifs is 3. The molecule has 0 aliphatic heterocycles. The molecule has 9 heteroatoms. The summed E-state index contributed by atoms with van der Waals surface area (Å²) in [5.74, 6) is -1.81. The molecule has 2 aromatic carbocycles. The van der Waals surface area contributed by atoms with E-state index in [-0.39, 0.29) is 25.5 Å². The number of nitrogens with one attached hydrogen (secondary N) is 1. The van der Waals surface area contributed by atoms with Gasteiger partial charge in [-0.2, -0.15) is 0 Å². The number of hydrogen-bond donors (Lipinski definition) is 2. The molecule has 3 aromatic rings. The Morgan fingerprint density at radius 1 is 1.14 bits per heavy atom. The van der Waals surface area contributed by atoms with Gasteiger partial charge in [-0.3, -0.25) is 14.6 Å². The number of aromatic nitrogens is 1. The van der Waals surface area contributed by atoms with Crippen LogP contribution in [0.3, 0.4) is 0 Å². The van der Waals surface area contributed by atoms with Crippen LogP contribution in [0.15, 0.2) is 72.9 Å². The molecule has 1 aliphatic rings. The molecule has 35 heavy (non-hydrogen) atoms. The topological polar surface area (TPSA) is 109 Å². The zero-order valence-electron chi connectivity index (χ0n) is 18.9. The average Bonchev–Trinajstić information content (AvgIpc) is 3.47. The van der Waals surface area contributed by atoms with Crippen molar-refractivity contribution in [2.24, 2.45) is 0 Å². The summed E-state index contributed by atoms with van der Waals surface area (Å²) >= 11 is 1.34. The molecular formula is C26H25N3O5S. The van der Waals surface area contributed by atoms with Gasteiger partial charge in [0.2, 0.25) is 5.91 Å². The van der Waals surface area contributed by atoms with Gasteiger partial charge in [0.05, 0.1) is 5.51 Å². The Hall–Kier alpha value is -3.98. The lowest BCUT2D eigenvalue weighted by Crippen LogP contribution is -2.51. The van der Waals surface area contributed by atoms with Gasteiger partial charge >= 0.3 is 12.1 Å². The van der Waals surface area contributed by atoms with Crippen LogP contribution in [0.2, 0.25) is 0 Å². The molecule has 0 saturated heterocycles. The molecule has 1 aromatic heterocycles. The van der Waals surface area contributed by atoms with Crippen molar-refractivity contribution in [3.05, 3.63) is 88.9 Å². The van der Waals surface area contributed by atoms with E-state index in [1.807, 2.05) is 36.4 Å². The number of carboxylic acid groups (broad SMARTS) is 1. The number of carbonyl (C=O) groups is 3. The molecule has 180 valence electrons. The monoisotopic (exact) mass is 491 g/mol. The molecule has 1 aliphatic carbocycles. The smallest absolute Gasteiger partial charge is 0.407 e. The molecule has 8 nitrogen and oxygen atoms in total. The van der Waals surface area contributed by atoms with Gasteiger partial charge in [-0.1, -0.05) is 54.6 Å². The number of hydrogen-bond acceptors (Lipinski definition) is 6. The summed E-state index contributed by atoms with van der Waals surface area (Å²) in [6.45, 7) is 3.23. The predicted octanol–water partition coefficient (Wildman–Crippen LogP) is 3.69. The van der Waals surface area contributed by atoms with Gasteiger partial charge in [-0.15, -0.1) is 17.9 Å². The van der Waals surface area contributed by atoms with Crippen molar-refractivity contribution in [1.82, 2.24) is 15.2 Å². The molecule has 1 atom stereocenters. The predicted molar refractivity (Wildman–Crippen MR) is 132 cm³/mol. The number of benzene rings is 2. The second-order valence-corrected chi connectivity index (χ2v) is 9.07. The third-order valence-corrected chi connectivity index (χ3v) is 6.61. The molecule has 0 spiro atoms. The maximum atomic E-state index is 13.1. The molecule has 0 saturated carbocycles. The van der Waals surface area contributed by atoms with Crippen LogP contribution in [-0.4, -0.2) is 58.7 Å². The summed E-state index contributed by atoms with van der Waals surface area (Å²) in [5.41, 5.74) is 6.02. The lowest BCUT2D eigenvalue weighted by molar-refractivity contribution is -0.144. The first kappa shape index (κ1) is 24.2. The maximum absolute atomic E-state index is 13.1. The van der Waals surface area contributed by atoms with Crippen molar-refractivity contribution in [1.29, 1.82) is 0 Å². The van der Waals surface area contributed by atoms with Crippen molar-refractivity contribution in [2.45, 2.75) is 18.4 Å². The van der Waals surface area contributed by atoms with E-state index in [2.05, 4.69) is 29.0 Å². The molecule has 1 heterocycles. The second kappa shape index (κ2) is 11.0. The summed E-state index contributed by atoms with van der Waals surface area (Å²) < 4.78 is 5.59. The fourth-order valence-electron chi connectivity index (χ4n) is 4.30. The number of carboxylic acids is 1. The first-order chi connectivity index (χ1) is 17.0. The van der Waals surface area contributed by atoms with Crippen LogP contribution >= 0.6 is 11.3 Å². The summed E-state index contributed by atoms with van der Waals surface area (Å²) in [7, 11) is 0. The number of aliphatic carboxylic acids is 1. The lowest BCUT2D eigenvalue weighted by atomic mass is 9.98. The highest BCUT2D eigenvalue weighted by Gasteiger charge is 2.31. The highest BCUT2D eigenvalue weighted by molar-refractivity contribution is 7.09. The highest BCUT2D eigenvalue weighted by atomic mass is 32.1. The lowest BCUT2D eigenvalue weighted by Gasteiger charge is -2.25. The van der Waals surface area contributed by atoms with E-state index < -0.39 is 30.6 Å². The standard InChI is InChI=1S/C26H25N3O5S/c1-2-11-29(14-24(30)31)25(32)23(12-17-13-27-16-35-17)28-26(33)34-15-22-20-9-5-3-7-18(20)19-8-4-6-10-21(19)22/h2-10,13,16,22-23H,1,11-12,14-15H2,(H,28,33)(H,30,31). The Kier molecular flexibility index (Phi) is 7.57. The largest absolute Gasteiger partial charge is 0.480 e. The molecule has 0 radical (unpaired) electrons. The molecule has 0 bridgehead atoms. The Labute approximate surface area is 206 Å². The van der Waals surface area contributed by atoms with Gasteiger partial charge in [0.15, 0.2) is 0 Å². The molecule has 2 N–H and O–H groups in total. The Bertz CT molecular complexity index is 1180. The van der Waals surface area contributed by atoms with E-state index in [0.717, 1.165) is 32.0 Å². The summed E-state index contributed by atoms with van der Waals surface area (Å²) in [6.07, 6.45) is 2.47. The number of thiazole rings is 1. The van der Waals surface area contributed by atoms with Crippen molar-refractivity contribution < 1.29 is 24.2 Å². The van der Waals surface area contributed by atoms with Crippen LogP contribution in [0.4, 0.5) is 4.79 Å². The van der Waals surface area contributed by atoms with Gasteiger partial charge in [0.1, 0.15) is 19.2 Å². The zero-order chi connectivity index (χ0) is 24.8. The first-order valence-electron chi connectivity index (χ1n) is 11.1. The summed E-state index contributed by atoms with van der Waals surface area (Å²) in [4.78, 5) is 43.1. The molecule has 4 rings (SSSR count). The van der Waals surface area contributed by atoms with Crippen LogP contribution in [-0.2, 0) is 20.7 Å². The average molecular weight is 492 g/mol. The zero-order valence-corrected chi connectivity index (χ0v) is 19.7. The third-order valence-electron chi connectivity index (χ3n) is 5.81. The highest BCUT2D eigenvalue weighted by Crippen LogP contribution is 2.44. The maximum Gasteiger partial charge on any atom is 0.407 e. The Morgan fingerprint density at radius 2 is 1.80 bits per heavy atom. The number of carbonyl (C=O) groups excluding carboxylic acids is 2. The minimum absolute atomic E-state index is 0.0384. The van der Waals surface area contributed by atoms with Gasteiger partial charge < -0.3 is 20.1 Å². The Balaban J connectivity index is 1.48. The summed E-state index contributed by atoms with van der Waals surface area (Å²) in [5, 5.41) is 11.8. The van der Waals surface area contributed by atoms with E-state index in [1.165, 1.54) is 17.4 Å². The van der Waals surface area contributed by atoms with Crippen LogP contribution < -0.4 is 5.32 Å². The SMILES string of the molecule is C=CCN(CC(=O)O)C(=O)C(Cc1cncs1)NC(=O)OCC1c2ccccc2-c2ccccc21. The molecule has 0 fully saturated rings. The van der Waals surface area contributed by atoms with E-state index in [1.54, 1.807) is 11.7 Å². The van der Waals surface area contributed by atoms with Gasteiger partial charge in [0.25, 0.3) is 0 Å². The van der Waals surface area contributed by atoms with Crippen molar-refractivity contribution >= 4 is 29.3 Å². The first-order valence-corrected chi connectivity index (χ1v) is 12.0. The quantitative estimate of drug-likeness (QED) is 0.419. The summed E-state index contributed by atoms with van der Waals surface area (Å²) in [6, 6.07) is 15.0. The minimum Gasteiger partial charge on any atom is -0.480 e. The normalized spacial score (nSPS) is 12.8. The Morgan fingerprint density at radius 3 is 2.37 bits per heavy atom. The second-order valence-electron chi connectivity index (χ2n) is 8.10. The van der Waals surface area contributed by atoms with Crippen molar-refractivity contribution in [3.8, 4) is 11.1 Å². The van der Waals surface area contributed by atoms with Gasteiger partial charge in [-0.05, 0) is 22.3 Å². The number of ether oxygens (including phenoxy) is 1. The van der Waals surface area contributed by atoms with Crippen LogP contribution in [0.5, 0.6) is 0 Å². The van der Waals surface area contributed by atoms with Gasteiger partial charge in [-0.25, -0.2) is 4.79 Å².